The number of amides is 1. The van der Waals surface area contributed by atoms with Gasteiger partial charge in [0.15, 0.2) is 4.80 Å². The van der Waals surface area contributed by atoms with E-state index in [0.717, 1.165) is 10.2 Å². The van der Waals surface area contributed by atoms with Gasteiger partial charge in [-0.25, -0.2) is 13.2 Å². The molecule has 1 amide bonds. The van der Waals surface area contributed by atoms with Gasteiger partial charge in [-0.3, -0.25) is 4.79 Å². The van der Waals surface area contributed by atoms with Gasteiger partial charge in [0.1, 0.15) is 5.75 Å². The quantitative estimate of drug-likeness (QED) is 0.360. The fourth-order valence-corrected chi connectivity index (χ4v) is 6.69. The Morgan fingerprint density at radius 1 is 1.19 bits per heavy atom. The molecule has 2 heterocycles. The Kier molecular flexibility index (Phi) is 7.59. The first kappa shape index (κ1) is 25.6. The van der Waals surface area contributed by atoms with E-state index in [0.29, 0.717) is 35.5 Å². The van der Waals surface area contributed by atoms with Gasteiger partial charge in [-0.15, -0.1) is 6.42 Å². The second kappa shape index (κ2) is 10.7. The summed E-state index contributed by atoms with van der Waals surface area (Å²) in [6.07, 6.45) is 6.62. The zero-order valence-corrected chi connectivity index (χ0v) is 21.5. The van der Waals surface area contributed by atoms with Crippen molar-refractivity contribution < 1.29 is 27.5 Å². The minimum atomic E-state index is -3.77. The van der Waals surface area contributed by atoms with Gasteiger partial charge in [-0.2, -0.15) is 9.30 Å². The van der Waals surface area contributed by atoms with Crippen molar-refractivity contribution in [3.05, 3.63) is 52.8 Å². The number of carbonyl (C=O) groups is 2. The zero-order valence-electron chi connectivity index (χ0n) is 19.8. The summed E-state index contributed by atoms with van der Waals surface area (Å²) in [5, 5.41) is 0. The maximum absolute atomic E-state index is 13.2. The number of sulfonamides is 1. The van der Waals surface area contributed by atoms with E-state index in [-0.39, 0.29) is 18.0 Å². The number of hydrogen-bond acceptors (Lipinski definition) is 7. The molecule has 9 nitrogen and oxygen atoms in total. The highest BCUT2D eigenvalue weighted by molar-refractivity contribution is 7.89. The standard InChI is InChI=1S/C25H25N3O6S2/c1-4-13-28-21-12-7-17(24(30)34-3)15-22(21)35-25(28)26-23(29)18-6-5-14-27(16-18)36(31,32)20-10-8-19(33-2)9-11-20/h1,7-12,15,18H,5-6,13-14,16H2,2-3H3. The zero-order chi connectivity index (χ0) is 25.9. The van der Waals surface area contributed by atoms with Crippen molar-refractivity contribution in [3.63, 3.8) is 0 Å². The van der Waals surface area contributed by atoms with Crippen LogP contribution in [0, 0.1) is 18.3 Å². The molecule has 1 unspecified atom stereocenters. The van der Waals surface area contributed by atoms with Crippen LogP contribution in [0.4, 0.5) is 0 Å². The van der Waals surface area contributed by atoms with E-state index in [1.807, 2.05) is 0 Å². The number of methoxy groups -OCH3 is 2. The topological polar surface area (TPSA) is 107 Å². The number of hydrogen-bond donors (Lipinski definition) is 0. The molecule has 0 bridgehead atoms. The molecule has 11 heteroatoms. The smallest absolute Gasteiger partial charge is 0.337 e. The van der Waals surface area contributed by atoms with Crippen LogP contribution in [0.1, 0.15) is 23.2 Å². The molecule has 1 fully saturated rings. The average molecular weight is 528 g/mol. The van der Waals surface area contributed by atoms with Crippen molar-refractivity contribution in [3.8, 4) is 18.1 Å². The van der Waals surface area contributed by atoms with Crippen molar-refractivity contribution in [2.45, 2.75) is 24.3 Å². The summed E-state index contributed by atoms with van der Waals surface area (Å²) >= 11 is 1.23. The molecule has 1 atom stereocenters. The van der Waals surface area contributed by atoms with Crippen LogP contribution in [0.3, 0.4) is 0 Å². The number of esters is 1. The molecule has 4 rings (SSSR count). The third kappa shape index (κ3) is 5.06. The second-order valence-electron chi connectivity index (χ2n) is 8.18. The monoisotopic (exact) mass is 527 g/mol. The summed E-state index contributed by atoms with van der Waals surface area (Å²) in [5.74, 6) is 1.67. The lowest BCUT2D eigenvalue weighted by Crippen LogP contribution is -2.42. The number of rotatable bonds is 6. The largest absolute Gasteiger partial charge is 0.497 e. The van der Waals surface area contributed by atoms with E-state index in [9.17, 15) is 18.0 Å². The van der Waals surface area contributed by atoms with Crippen molar-refractivity contribution in [1.82, 2.24) is 8.87 Å². The van der Waals surface area contributed by atoms with E-state index >= 15 is 0 Å². The molecule has 0 aliphatic carbocycles. The van der Waals surface area contributed by atoms with E-state index in [1.165, 1.54) is 42.0 Å². The van der Waals surface area contributed by atoms with Gasteiger partial charge in [0.2, 0.25) is 10.0 Å². The first-order valence-electron chi connectivity index (χ1n) is 11.2. The summed E-state index contributed by atoms with van der Waals surface area (Å²) in [4.78, 5) is 30.0. The van der Waals surface area contributed by atoms with Crippen LogP contribution in [-0.4, -0.2) is 56.5 Å². The van der Waals surface area contributed by atoms with E-state index in [1.54, 1.807) is 34.9 Å². The van der Waals surface area contributed by atoms with Crippen molar-refractivity contribution >= 4 is 43.5 Å². The third-order valence-corrected chi connectivity index (χ3v) is 8.91. The third-order valence-electron chi connectivity index (χ3n) is 5.99. The van der Waals surface area contributed by atoms with Crippen molar-refractivity contribution in [2.24, 2.45) is 10.9 Å². The molecule has 0 saturated carbocycles. The van der Waals surface area contributed by atoms with Gasteiger partial charge in [-0.05, 0) is 55.3 Å². The molecule has 188 valence electrons. The molecular formula is C25H25N3O6S2. The van der Waals surface area contributed by atoms with Crippen LogP contribution in [0.25, 0.3) is 10.2 Å². The fraction of sp³-hybridized carbons (Fsp3) is 0.320. The number of terminal acetylenes is 1. The SMILES string of the molecule is C#CCn1c(=NC(=O)C2CCCN(S(=O)(=O)c3ccc(OC)cc3)C2)sc2cc(C(=O)OC)ccc21. The Hall–Kier alpha value is -3.46. The molecular weight excluding hydrogens is 502 g/mol. The van der Waals surface area contributed by atoms with Crippen LogP contribution in [0.15, 0.2) is 52.4 Å². The Bertz CT molecular complexity index is 1510. The molecule has 2 aromatic carbocycles. The lowest BCUT2D eigenvalue weighted by atomic mass is 9.99. The van der Waals surface area contributed by atoms with Crippen molar-refractivity contribution in [1.29, 1.82) is 0 Å². The van der Waals surface area contributed by atoms with Crippen molar-refractivity contribution in [2.75, 3.05) is 27.3 Å². The van der Waals surface area contributed by atoms with Gasteiger partial charge >= 0.3 is 5.97 Å². The van der Waals surface area contributed by atoms with Crippen LogP contribution < -0.4 is 9.54 Å². The number of aromatic nitrogens is 1. The minimum Gasteiger partial charge on any atom is -0.497 e. The number of thiazole rings is 1. The molecule has 0 N–H and O–H groups in total. The highest BCUT2D eigenvalue weighted by Crippen LogP contribution is 2.26. The summed E-state index contributed by atoms with van der Waals surface area (Å²) < 4.78 is 40.0. The summed E-state index contributed by atoms with van der Waals surface area (Å²) in [5.41, 5.74) is 1.12. The highest BCUT2D eigenvalue weighted by Gasteiger charge is 2.33. The molecule has 0 spiro atoms. The first-order chi connectivity index (χ1) is 17.3. The Morgan fingerprint density at radius 2 is 1.94 bits per heavy atom. The molecule has 1 aliphatic rings. The summed E-state index contributed by atoms with van der Waals surface area (Å²) in [6.45, 7) is 0.559. The molecule has 3 aromatic rings. The van der Waals surface area contributed by atoms with E-state index < -0.39 is 27.8 Å². The minimum absolute atomic E-state index is 0.0449. The normalized spacial score (nSPS) is 17.0. The number of carbonyl (C=O) groups excluding carboxylic acids is 2. The van der Waals surface area contributed by atoms with Gasteiger partial charge in [0.25, 0.3) is 5.91 Å². The predicted molar refractivity (Wildman–Crippen MR) is 135 cm³/mol. The van der Waals surface area contributed by atoms with Crippen LogP contribution in [-0.2, 0) is 26.1 Å². The van der Waals surface area contributed by atoms with Gasteiger partial charge in [0.05, 0.1) is 47.4 Å². The van der Waals surface area contributed by atoms with E-state index in [2.05, 4.69) is 10.9 Å². The number of fused-ring (bicyclic) bond motifs is 1. The predicted octanol–water partition coefficient (Wildman–Crippen LogP) is 2.66. The summed E-state index contributed by atoms with van der Waals surface area (Å²) in [7, 11) is -0.952. The number of benzene rings is 2. The lowest BCUT2D eigenvalue weighted by Gasteiger charge is -2.30. The van der Waals surface area contributed by atoms with E-state index in [4.69, 9.17) is 15.9 Å². The Morgan fingerprint density at radius 3 is 2.61 bits per heavy atom. The second-order valence-corrected chi connectivity index (χ2v) is 11.1. The number of piperidine rings is 1. The molecule has 1 aromatic heterocycles. The maximum Gasteiger partial charge on any atom is 0.337 e. The molecule has 0 radical (unpaired) electrons. The van der Waals surface area contributed by atoms with Gasteiger partial charge in [0, 0.05) is 13.1 Å². The summed E-state index contributed by atoms with van der Waals surface area (Å²) in [6, 6.07) is 11.2. The average Bonchev–Trinajstić information content (AvgIpc) is 3.24. The Balaban J connectivity index is 1.62. The molecule has 1 aliphatic heterocycles. The van der Waals surface area contributed by atoms with Crippen LogP contribution >= 0.6 is 11.3 Å². The molecule has 36 heavy (non-hydrogen) atoms. The van der Waals surface area contributed by atoms with Crippen LogP contribution in [0.5, 0.6) is 5.75 Å². The van der Waals surface area contributed by atoms with Gasteiger partial charge < -0.3 is 14.0 Å². The number of ether oxygens (including phenoxy) is 2. The van der Waals surface area contributed by atoms with Crippen LogP contribution in [0.2, 0.25) is 0 Å². The van der Waals surface area contributed by atoms with Gasteiger partial charge in [-0.1, -0.05) is 17.3 Å². The molecule has 1 saturated heterocycles. The number of nitrogens with zero attached hydrogens (tertiary/aromatic N) is 3. The maximum atomic E-state index is 13.2. The fourth-order valence-electron chi connectivity index (χ4n) is 4.09. The first-order valence-corrected chi connectivity index (χ1v) is 13.4. The Labute approximate surface area is 213 Å². The highest BCUT2D eigenvalue weighted by atomic mass is 32.2. The lowest BCUT2D eigenvalue weighted by molar-refractivity contribution is -0.122.